The fourth-order valence-corrected chi connectivity index (χ4v) is 2.54. The molecular weight excluding hydrogens is 292 g/mol. The van der Waals surface area contributed by atoms with Gasteiger partial charge in [0.1, 0.15) is 11.6 Å². The van der Waals surface area contributed by atoms with E-state index in [1.807, 2.05) is 32.9 Å². The first kappa shape index (κ1) is 15.1. The van der Waals surface area contributed by atoms with E-state index in [4.69, 9.17) is 4.52 Å². The number of nitrogens with zero attached hydrogens (tertiary/aromatic N) is 3. The normalized spacial score (nSPS) is 12.3. The lowest BCUT2D eigenvalue weighted by atomic mass is 9.99. The molecule has 3 aromatic rings. The first-order valence-electron chi connectivity index (χ1n) is 7.47. The maximum Gasteiger partial charge on any atom is 0.228 e. The molecule has 0 radical (unpaired) electrons. The van der Waals surface area contributed by atoms with Crippen LogP contribution >= 0.6 is 0 Å². The average Bonchev–Trinajstić information content (AvgIpc) is 2.87. The summed E-state index contributed by atoms with van der Waals surface area (Å²) < 4.78 is 5.15. The lowest BCUT2D eigenvalue weighted by molar-refractivity contribution is -0.119. The molecule has 0 spiro atoms. The van der Waals surface area contributed by atoms with Gasteiger partial charge in [0.2, 0.25) is 5.91 Å². The molecule has 0 fully saturated rings. The number of anilines is 1. The van der Waals surface area contributed by atoms with Crippen molar-refractivity contribution in [2.45, 2.75) is 27.2 Å². The third kappa shape index (κ3) is 3.06. The average molecular weight is 310 g/mol. The maximum absolute atomic E-state index is 12.5. The third-order valence-corrected chi connectivity index (χ3v) is 3.95. The topological polar surface area (TPSA) is 80.9 Å². The van der Waals surface area contributed by atoms with Gasteiger partial charge >= 0.3 is 0 Å². The highest BCUT2D eigenvalue weighted by molar-refractivity contribution is 6.00. The molecule has 118 valence electrons. The molecule has 1 atom stereocenters. The fourth-order valence-electron chi connectivity index (χ4n) is 2.54. The van der Waals surface area contributed by atoms with Crippen molar-refractivity contribution in [2.24, 2.45) is 5.92 Å². The molecule has 0 aromatic carbocycles. The van der Waals surface area contributed by atoms with E-state index in [-0.39, 0.29) is 11.8 Å². The van der Waals surface area contributed by atoms with Crippen LogP contribution in [0.5, 0.6) is 0 Å². The molecule has 23 heavy (non-hydrogen) atoms. The Morgan fingerprint density at radius 1 is 1.30 bits per heavy atom. The Hall–Kier alpha value is -2.76. The first-order chi connectivity index (χ1) is 11.1. The molecule has 0 saturated heterocycles. The second-order valence-electron chi connectivity index (χ2n) is 5.65. The maximum atomic E-state index is 12.5. The van der Waals surface area contributed by atoms with Gasteiger partial charge in [0.25, 0.3) is 0 Å². The predicted octanol–water partition coefficient (Wildman–Crippen LogP) is 3.05. The second-order valence-corrected chi connectivity index (χ2v) is 5.65. The van der Waals surface area contributed by atoms with Crippen LogP contribution in [0.3, 0.4) is 0 Å². The quantitative estimate of drug-likeness (QED) is 0.801. The van der Waals surface area contributed by atoms with Crippen molar-refractivity contribution in [3.05, 3.63) is 47.7 Å². The zero-order chi connectivity index (χ0) is 16.4. The van der Waals surface area contributed by atoms with Crippen LogP contribution in [0.15, 0.2) is 35.2 Å². The van der Waals surface area contributed by atoms with E-state index >= 15 is 0 Å². The number of aryl methyl sites for hydroxylation is 2. The largest absolute Gasteiger partial charge is 0.361 e. The van der Waals surface area contributed by atoms with Crippen LogP contribution in [0, 0.1) is 19.8 Å². The van der Waals surface area contributed by atoms with Gasteiger partial charge in [0.15, 0.2) is 0 Å². The van der Waals surface area contributed by atoms with Crippen LogP contribution in [-0.4, -0.2) is 21.0 Å². The van der Waals surface area contributed by atoms with Crippen molar-refractivity contribution in [3.63, 3.8) is 0 Å². The highest BCUT2D eigenvalue weighted by Gasteiger charge is 2.19. The molecule has 1 N–H and O–H groups in total. The number of nitrogens with one attached hydrogen (secondary N) is 1. The first-order valence-corrected chi connectivity index (χ1v) is 7.47. The van der Waals surface area contributed by atoms with Gasteiger partial charge in [-0.3, -0.25) is 9.78 Å². The minimum atomic E-state index is -0.222. The second kappa shape index (κ2) is 6.16. The minimum absolute atomic E-state index is 0.0890. The summed E-state index contributed by atoms with van der Waals surface area (Å²) in [6, 6.07) is 3.78. The molecule has 0 aliphatic heterocycles. The van der Waals surface area contributed by atoms with Crippen molar-refractivity contribution in [1.29, 1.82) is 0 Å². The molecule has 0 aliphatic carbocycles. The van der Waals surface area contributed by atoms with E-state index in [9.17, 15) is 4.79 Å². The zero-order valence-corrected chi connectivity index (χ0v) is 13.3. The fraction of sp³-hybridized carbons (Fsp3) is 0.294. The Balaban J connectivity index is 1.78. The Morgan fingerprint density at radius 3 is 2.83 bits per heavy atom. The summed E-state index contributed by atoms with van der Waals surface area (Å²) in [5, 5.41) is 8.64. The van der Waals surface area contributed by atoms with Gasteiger partial charge in [0, 0.05) is 35.5 Å². The van der Waals surface area contributed by atoms with Crippen molar-refractivity contribution < 1.29 is 9.32 Å². The number of hydrogen-bond acceptors (Lipinski definition) is 5. The van der Waals surface area contributed by atoms with Gasteiger partial charge in [-0.2, -0.15) is 0 Å². The third-order valence-electron chi connectivity index (χ3n) is 3.95. The molecule has 6 heteroatoms. The molecular formula is C17H18N4O2. The minimum Gasteiger partial charge on any atom is -0.361 e. The van der Waals surface area contributed by atoms with Crippen LogP contribution in [0.2, 0.25) is 0 Å². The van der Waals surface area contributed by atoms with Gasteiger partial charge < -0.3 is 9.84 Å². The summed E-state index contributed by atoms with van der Waals surface area (Å²) in [6.45, 7) is 5.62. The molecule has 3 rings (SSSR count). The van der Waals surface area contributed by atoms with Crippen LogP contribution in [0.25, 0.3) is 10.8 Å². The molecule has 6 nitrogen and oxygen atoms in total. The van der Waals surface area contributed by atoms with Crippen molar-refractivity contribution in [2.75, 3.05) is 5.32 Å². The summed E-state index contributed by atoms with van der Waals surface area (Å²) in [5.74, 6) is 0.982. The smallest absolute Gasteiger partial charge is 0.228 e. The van der Waals surface area contributed by atoms with E-state index in [1.165, 1.54) is 0 Å². The van der Waals surface area contributed by atoms with Crippen molar-refractivity contribution in [1.82, 2.24) is 15.1 Å². The van der Waals surface area contributed by atoms with E-state index < -0.39 is 0 Å². The van der Waals surface area contributed by atoms with E-state index in [1.54, 1.807) is 18.6 Å². The number of aromatic nitrogens is 3. The lowest BCUT2D eigenvalue weighted by Gasteiger charge is -2.12. The highest BCUT2D eigenvalue weighted by Crippen LogP contribution is 2.21. The van der Waals surface area contributed by atoms with Crippen molar-refractivity contribution >= 4 is 22.5 Å². The number of hydrogen-bond donors (Lipinski definition) is 1. The van der Waals surface area contributed by atoms with Gasteiger partial charge in [0.05, 0.1) is 5.69 Å². The van der Waals surface area contributed by atoms with E-state index in [0.29, 0.717) is 12.2 Å². The number of pyridine rings is 2. The van der Waals surface area contributed by atoms with Crippen LogP contribution < -0.4 is 5.32 Å². The molecule has 0 unspecified atom stereocenters. The molecule has 0 bridgehead atoms. The summed E-state index contributed by atoms with van der Waals surface area (Å²) in [4.78, 5) is 20.8. The molecule has 0 saturated carbocycles. The Kier molecular flexibility index (Phi) is 4.06. The van der Waals surface area contributed by atoms with Crippen LogP contribution in [0.1, 0.15) is 23.9 Å². The SMILES string of the molecule is Cc1noc(C)c1C[C@H](C)C(=O)Nc1nccc2ccncc12. The van der Waals surface area contributed by atoms with Gasteiger partial charge in [-0.05, 0) is 37.8 Å². The summed E-state index contributed by atoms with van der Waals surface area (Å²) in [5.41, 5.74) is 1.81. The van der Waals surface area contributed by atoms with Crippen LogP contribution in [-0.2, 0) is 11.2 Å². The molecule has 0 aliphatic rings. The van der Waals surface area contributed by atoms with Crippen molar-refractivity contribution in [3.8, 4) is 0 Å². The van der Waals surface area contributed by atoms with Gasteiger partial charge in [-0.1, -0.05) is 12.1 Å². The summed E-state index contributed by atoms with van der Waals surface area (Å²) in [6.07, 6.45) is 5.68. The lowest BCUT2D eigenvalue weighted by Crippen LogP contribution is -2.23. The van der Waals surface area contributed by atoms with Crippen LogP contribution in [0.4, 0.5) is 5.82 Å². The monoisotopic (exact) mass is 310 g/mol. The van der Waals surface area contributed by atoms with Gasteiger partial charge in [-0.15, -0.1) is 0 Å². The van der Waals surface area contributed by atoms with Gasteiger partial charge in [-0.25, -0.2) is 4.98 Å². The Labute approximate surface area is 133 Å². The Morgan fingerprint density at radius 2 is 2.09 bits per heavy atom. The number of fused-ring (bicyclic) bond motifs is 1. The number of rotatable bonds is 4. The summed E-state index contributed by atoms with van der Waals surface area (Å²) >= 11 is 0. The number of amides is 1. The molecule has 3 heterocycles. The standard InChI is InChI=1S/C17H18N4O2/c1-10(8-14-11(2)21-23-12(14)3)17(22)20-16-15-9-18-6-4-13(15)5-7-19-16/h4-7,9-10H,8H2,1-3H3,(H,19,20,22)/t10-/m0/s1. The highest BCUT2D eigenvalue weighted by atomic mass is 16.5. The Bertz CT molecular complexity index is 832. The van der Waals surface area contributed by atoms with E-state index in [2.05, 4.69) is 20.4 Å². The summed E-state index contributed by atoms with van der Waals surface area (Å²) in [7, 11) is 0. The predicted molar refractivity (Wildman–Crippen MR) is 87.0 cm³/mol. The van der Waals surface area contributed by atoms with E-state index in [0.717, 1.165) is 27.8 Å². The number of carbonyl (C=O) groups is 1. The zero-order valence-electron chi connectivity index (χ0n) is 13.3. The number of carbonyl (C=O) groups excluding carboxylic acids is 1. The molecule has 1 amide bonds. The molecule has 3 aromatic heterocycles.